The van der Waals surface area contributed by atoms with Gasteiger partial charge in [0.15, 0.2) is 0 Å². The minimum atomic E-state index is 0.281. The number of hydrogen-bond donors (Lipinski definition) is 1. The van der Waals surface area contributed by atoms with Crippen LogP contribution < -0.4 is 5.32 Å². The zero-order valence-corrected chi connectivity index (χ0v) is 12.1. The van der Waals surface area contributed by atoms with Crippen molar-refractivity contribution in [1.29, 1.82) is 0 Å². The van der Waals surface area contributed by atoms with Crippen LogP contribution in [0.2, 0.25) is 0 Å². The van der Waals surface area contributed by atoms with Crippen LogP contribution in [0.3, 0.4) is 0 Å². The molecule has 0 radical (unpaired) electrons. The average Bonchev–Trinajstić information content (AvgIpc) is 2.36. The normalized spacial score (nSPS) is 23.4. The predicted molar refractivity (Wildman–Crippen MR) is 78.1 cm³/mol. The van der Waals surface area contributed by atoms with Crippen molar-refractivity contribution in [2.75, 3.05) is 13.1 Å². The standard InChI is InChI=1S/C16H24N2O/c1-12-6-4-5-7-15(12)8-9-16(19)18-10-13(2)17-14(3)11-18/h4-7,13-14,17H,8-11H2,1-3H3/t13-,14+. The van der Waals surface area contributed by atoms with Crippen molar-refractivity contribution < 1.29 is 4.79 Å². The van der Waals surface area contributed by atoms with E-state index in [1.165, 1.54) is 11.1 Å². The first-order valence-corrected chi connectivity index (χ1v) is 7.14. The van der Waals surface area contributed by atoms with Gasteiger partial charge in [-0.15, -0.1) is 0 Å². The molecule has 1 aromatic carbocycles. The van der Waals surface area contributed by atoms with E-state index in [1.54, 1.807) is 0 Å². The van der Waals surface area contributed by atoms with Crippen LogP contribution in [0.25, 0.3) is 0 Å². The Labute approximate surface area is 116 Å². The summed E-state index contributed by atoms with van der Waals surface area (Å²) in [5.74, 6) is 0.281. The third-order valence-electron chi connectivity index (χ3n) is 3.78. The van der Waals surface area contributed by atoms with Crippen molar-refractivity contribution in [1.82, 2.24) is 10.2 Å². The molecular formula is C16H24N2O. The molecule has 0 spiro atoms. The van der Waals surface area contributed by atoms with Gasteiger partial charge in [-0.05, 0) is 38.3 Å². The number of aryl methyl sites for hydroxylation is 2. The van der Waals surface area contributed by atoms with E-state index < -0.39 is 0 Å². The zero-order chi connectivity index (χ0) is 13.8. The maximum atomic E-state index is 12.3. The number of carbonyl (C=O) groups is 1. The highest BCUT2D eigenvalue weighted by Crippen LogP contribution is 2.12. The number of nitrogens with one attached hydrogen (secondary N) is 1. The monoisotopic (exact) mass is 260 g/mol. The third-order valence-corrected chi connectivity index (χ3v) is 3.78. The molecule has 1 aliphatic rings. The molecule has 3 nitrogen and oxygen atoms in total. The Morgan fingerprint density at radius 3 is 2.53 bits per heavy atom. The fourth-order valence-corrected chi connectivity index (χ4v) is 2.82. The smallest absolute Gasteiger partial charge is 0.223 e. The van der Waals surface area contributed by atoms with E-state index in [4.69, 9.17) is 0 Å². The maximum Gasteiger partial charge on any atom is 0.223 e. The van der Waals surface area contributed by atoms with Crippen LogP contribution in [-0.2, 0) is 11.2 Å². The molecule has 1 aromatic rings. The van der Waals surface area contributed by atoms with Gasteiger partial charge in [-0.25, -0.2) is 0 Å². The first-order valence-electron chi connectivity index (χ1n) is 7.14. The van der Waals surface area contributed by atoms with Crippen LogP contribution in [0, 0.1) is 6.92 Å². The number of carbonyl (C=O) groups excluding carboxylic acids is 1. The van der Waals surface area contributed by atoms with E-state index >= 15 is 0 Å². The van der Waals surface area contributed by atoms with E-state index in [0.29, 0.717) is 18.5 Å². The molecule has 1 aliphatic heterocycles. The molecule has 2 atom stereocenters. The Bertz CT molecular complexity index is 434. The number of rotatable bonds is 3. The van der Waals surface area contributed by atoms with Gasteiger partial charge >= 0.3 is 0 Å². The Morgan fingerprint density at radius 2 is 1.89 bits per heavy atom. The molecule has 1 amide bonds. The second-order valence-electron chi connectivity index (χ2n) is 5.69. The zero-order valence-electron chi connectivity index (χ0n) is 12.1. The summed E-state index contributed by atoms with van der Waals surface area (Å²) >= 11 is 0. The third kappa shape index (κ3) is 3.80. The molecule has 1 N–H and O–H groups in total. The molecule has 2 rings (SSSR count). The maximum absolute atomic E-state index is 12.3. The molecule has 0 unspecified atom stereocenters. The highest BCUT2D eigenvalue weighted by atomic mass is 16.2. The summed E-state index contributed by atoms with van der Waals surface area (Å²) in [7, 11) is 0. The fourth-order valence-electron chi connectivity index (χ4n) is 2.82. The average molecular weight is 260 g/mol. The van der Waals surface area contributed by atoms with Crippen molar-refractivity contribution in [3.05, 3.63) is 35.4 Å². The number of piperazine rings is 1. The van der Waals surface area contributed by atoms with E-state index in [1.807, 2.05) is 17.0 Å². The van der Waals surface area contributed by atoms with E-state index in [9.17, 15) is 4.79 Å². The summed E-state index contributed by atoms with van der Waals surface area (Å²) in [6.07, 6.45) is 1.46. The number of benzene rings is 1. The molecule has 0 aromatic heterocycles. The van der Waals surface area contributed by atoms with Gasteiger partial charge < -0.3 is 10.2 Å². The summed E-state index contributed by atoms with van der Waals surface area (Å²) in [5, 5.41) is 3.45. The van der Waals surface area contributed by atoms with Crippen molar-refractivity contribution in [3.8, 4) is 0 Å². The largest absolute Gasteiger partial charge is 0.340 e. The molecule has 0 aliphatic carbocycles. The fraction of sp³-hybridized carbons (Fsp3) is 0.562. The van der Waals surface area contributed by atoms with E-state index in [0.717, 1.165) is 19.5 Å². The first kappa shape index (κ1) is 14.1. The van der Waals surface area contributed by atoms with Gasteiger partial charge in [0.2, 0.25) is 5.91 Å². The second-order valence-corrected chi connectivity index (χ2v) is 5.69. The van der Waals surface area contributed by atoms with E-state index in [-0.39, 0.29) is 5.91 Å². The van der Waals surface area contributed by atoms with Gasteiger partial charge in [-0.3, -0.25) is 4.79 Å². The molecule has 1 fully saturated rings. The summed E-state index contributed by atoms with van der Waals surface area (Å²) in [5.41, 5.74) is 2.56. The Hall–Kier alpha value is -1.35. The molecule has 1 heterocycles. The molecule has 3 heteroatoms. The van der Waals surface area contributed by atoms with Crippen molar-refractivity contribution in [3.63, 3.8) is 0 Å². The Balaban J connectivity index is 1.89. The van der Waals surface area contributed by atoms with Crippen molar-refractivity contribution in [2.24, 2.45) is 0 Å². The van der Waals surface area contributed by atoms with Crippen LogP contribution in [0.15, 0.2) is 24.3 Å². The number of hydrogen-bond acceptors (Lipinski definition) is 2. The predicted octanol–water partition coefficient (Wildman–Crippen LogP) is 2.14. The Morgan fingerprint density at radius 1 is 1.26 bits per heavy atom. The van der Waals surface area contributed by atoms with Crippen molar-refractivity contribution >= 4 is 5.91 Å². The lowest BCUT2D eigenvalue weighted by Gasteiger charge is -2.36. The number of nitrogens with zero attached hydrogens (tertiary/aromatic N) is 1. The summed E-state index contributed by atoms with van der Waals surface area (Å²) < 4.78 is 0. The minimum Gasteiger partial charge on any atom is -0.340 e. The molecular weight excluding hydrogens is 236 g/mol. The summed E-state index contributed by atoms with van der Waals surface area (Å²) in [4.78, 5) is 14.3. The minimum absolute atomic E-state index is 0.281. The number of amides is 1. The highest BCUT2D eigenvalue weighted by Gasteiger charge is 2.24. The van der Waals surface area contributed by atoms with Gasteiger partial charge in [0.05, 0.1) is 0 Å². The van der Waals surface area contributed by atoms with Crippen molar-refractivity contribution in [2.45, 2.75) is 45.7 Å². The van der Waals surface area contributed by atoms with Gasteiger partial charge in [0.1, 0.15) is 0 Å². The van der Waals surface area contributed by atoms with Crippen LogP contribution >= 0.6 is 0 Å². The van der Waals surface area contributed by atoms with Crippen LogP contribution in [0.1, 0.15) is 31.4 Å². The van der Waals surface area contributed by atoms with Crippen LogP contribution in [-0.4, -0.2) is 36.0 Å². The molecule has 0 saturated carbocycles. The molecule has 104 valence electrons. The molecule has 19 heavy (non-hydrogen) atoms. The summed E-state index contributed by atoms with van der Waals surface area (Å²) in [6, 6.07) is 9.10. The first-order chi connectivity index (χ1) is 9.06. The molecule has 1 saturated heterocycles. The lowest BCUT2D eigenvalue weighted by Crippen LogP contribution is -2.55. The summed E-state index contributed by atoms with van der Waals surface area (Å²) in [6.45, 7) is 8.04. The SMILES string of the molecule is Cc1ccccc1CCC(=O)N1C[C@@H](C)N[C@@H](C)C1. The Kier molecular flexibility index (Phi) is 4.59. The van der Waals surface area contributed by atoms with Gasteiger partial charge in [-0.2, -0.15) is 0 Å². The van der Waals surface area contributed by atoms with Gasteiger partial charge in [0.25, 0.3) is 0 Å². The topological polar surface area (TPSA) is 32.3 Å². The van der Waals surface area contributed by atoms with Crippen LogP contribution in [0.5, 0.6) is 0 Å². The van der Waals surface area contributed by atoms with Crippen LogP contribution in [0.4, 0.5) is 0 Å². The van der Waals surface area contributed by atoms with E-state index in [2.05, 4.69) is 38.2 Å². The lowest BCUT2D eigenvalue weighted by molar-refractivity contribution is -0.132. The van der Waals surface area contributed by atoms with Gasteiger partial charge in [-0.1, -0.05) is 24.3 Å². The quantitative estimate of drug-likeness (QED) is 0.903. The molecule has 0 bridgehead atoms. The second kappa shape index (κ2) is 6.20. The highest BCUT2D eigenvalue weighted by molar-refractivity contribution is 5.76. The van der Waals surface area contributed by atoms with Gasteiger partial charge in [0, 0.05) is 31.6 Å². The lowest BCUT2D eigenvalue weighted by atomic mass is 10.0.